The summed E-state index contributed by atoms with van der Waals surface area (Å²) in [5.74, 6) is 0. The molecule has 0 radical (unpaired) electrons. The van der Waals surface area contributed by atoms with Crippen LogP contribution in [0.1, 0.15) is 35.6 Å². The Hall–Kier alpha value is -1.91. The lowest BCUT2D eigenvalue weighted by Crippen LogP contribution is -2.28. The van der Waals surface area contributed by atoms with E-state index in [1.165, 1.54) is 15.4 Å². The van der Waals surface area contributed by atoms with Crippen molar-refractivity contribution in [2.75, 3.05) is 7.05 Å². The molecule has 0 N–H and O–H groups in total. The maximum absolute atomic E-state index is 12.9. The average molecular weight is 341 g/mol. The smallest absolute Gasteiger partial charge is 0.207 e. The molecule has 1 aliphatic rings. The summed E-state index contributed by atoms with van der Waals surface area (Å²) in [4.78, 5) is 0.508. The van der Waals surface area contributed by atoms with Gasteiger partial charge in [-0.2, -0.15) is 4.31 Å². The second-order valence-electron chi connectivity index (χ2n) is 6.24. The molecular weight excluding hydrogens is 318 g/mol. The molecule has 0 fully saturated rings. The summed E-state index contributed by atoms with van der Waals surface area (Å²) < 4.78 is 27.2. The largest absolute Gasteiger partial charge is 0.239 e. The number of benzene rings is 2. The van der Waals surface area contributed by atoms with E-state index in [4.69, 9.17) is 0 Å². The van der Waals surface area contributed by atoms with Gasteiger partial charge in [0.15, 0.2) is 0 Å². The summed E-state index contributed by atoms with van der Waals surface area (Å²) in [7, 11) is -1.77. The van der Waals surface area contributed by atoms with E-state index >= 15 is 0 Å². The summed E-state index contributed by atoms with van der Waals surface area (Å²) in [6.07, 6.45) is 4.16. The first-order valence-electron chi connectivity index (χ1n) is 8.33. The third-order valence-electron chi connectivity index (χ3n) is 4.59. The van der Waals surface area contributed by atoms with Crippen LogP contribution in [0.25, 0.3) is 6.08 Å². The molecule has 3 nitrogen and oxygen atoms in total. The van der Waals surface area contributed by atoms with Crippen molar-refractivity contribution < 1.29 is 8.42 Å². The second-order valence-corrected chi connectivity index (χ2v) is 8.34. The number of fused-ring (bicyclic) bond motifs is 1. The minimum Gasteiger partial charge on any atom is -0.207 e. The highest BCUT2D eigenvalue weighted by molar-refractivity contribution is 7.93. The van der Waals surface area contributed by atoms with Crippen molar-refractivity contribution in [2.45, 2.75) is 32.7 Å². The highest BCUT2D eigenvalue weighted by atomic mass is 32.2. The van der Waals surface area contributed by atoms with Gasteiger partial charge < -0.3 is 0 Å². The Bertz CT molecular complexity index is 851. The first-order chi connectivity index (χ1) is 11.5. The Kier molecular flexibility index (Phi) is 4.88. The van der Waals surface area contributed by atoms with Gasteiger partial charge in [0.2, 0.25) is 10.0 Å². The molecule has 0 heterocycles. The average Bonchev–Trinajstić information content (AvgIpc) is 2.61. The predicted molar refractivity (Wildman–Crippen MR) is 98.9 cm³/mol. The fourth-order valence-corrected chi connectivity index (χ4v) is 4.39. The molecule has 2 aromatic carbocycles. The number of aryl methyl sites for hydroxylation is 2. The standard InChI is InChI=1S/C20H23NO2S/c1-3-16-8-10-17(11-9-16)15-21(2)24(22,23)20-13-12-18-6-4-5-7-19(18)14-20/h4-11,14H,3,12-13,15H2,1-2H3. The number of rotatable bonds is 5. The summed E-state index contributed by atoms with van der Waals surface area (Å²) >= 11 is 0. The van der Waals surface area contributed by atoms with Gasteiger partial charge in [-0.1, -0.05) is 55.5 Å². The van der Waals surface area contributed by atoms with Crippen LogP contribution < -0.4 is 0 Å². The number of hydrogen-bond acceptors (Lipinski definition) is 2. The first kappa shape index (κ1) is 16.9. The van der Waals surface area contributed by atoms with Crippen LogP contribution in [-0.2, 0) is 29.4 Å². The van der Waals surface area contributed by atoms with E-state index in [9.17, 15) is 8.42 Å². The Morgan fingerprint density at radius 1 is 0.958 bits per heavy atom. The van der Waals surface area contributed by atoms with Gasteiger partial charge in [-0.3, -0.25) is 0 Å². The van der Waals surface area contributed by atoms with Crippen LogP contribution in [0, 0.1) is 0 Å². The molecular formula is C20H23NO2S. The molecule has 24 heavy (non-hydrogen) atoms. The number of allylic oxidation sites excluding steroid dienone is 1. The zero-order valence-electron chi connectivity index (χ0n) is 14.2. The van der Waals surface area contributed by atoms with E-state index in [1.54, 1.807) is 7.05 Å². The summed E-state index contributed by atoms with van der Waals surface area (Å²) in [6, 6.07) is 16.1. The molecule has 0 atom stereocenters. The van der Waals surface area contributed by atoms with Crippen LogP contribution in [0.3, 0.4) is 0 Å². The monoisotopic (exact) mass is 341 g/mol. The van der Waals surface area contributed by atoms with Gasteiger partial charge in [-0.05, 0) is 47.6 Å². The fraction of sp³-hybridized carbons (Fsp3) is 0.300. The first-order valence-corrected chi connectivity index (χ1v) is 9.77. The van der Waals surface area contributed by atoms with E-state index in [0.29, 0.717) is 17.9 Å². The Labute approximate surface area is 144 Å². The number of nitrogens with zero attached hydrogens (tertiary/aromatic N) is 1. The quantitative estimate of drug-likeness (QED) is 0.824. The molecule has 0 aromatic heterocycles. The molecule has 1 aliphatic carbocycles. The van der Waals surface area contributed by atoms with Crippen molar-refractivity contribution in [1.82, 2.24) is 4.31 Å². The lowest BCUT2D eigenvalue weighted by molar-refractivity contribution is 0.471. The Balaban J connectivity index is 1.81. The SMILES string of the molecule is CCc1ccc(CN(C)S(=O)(=O)C2=Cc3ccccc3CC2)cc1. The molecule has 2 aromatic rings. The van der Waals surface area contributed by atoms with E-state index in [0.717, 1.165) is 24.0 Å². The molecule has 126 valence electrons. The van der Waals surface area contributed by atoms with E-state index in [1.807, 2.05) is 36.4 Å². The molecule has 0 amide bonds. The third-order valence-corrected chi connectivity index (χ3v) is 6.52. The van der Waals surface area contributed by atoms with Gasteiger partial charge in [-0.15, -0.1) is 0 Å². The molecule has 0 saturated heterocycles. The topological polar surface area (TPSA) is 37.4 Å². The van der Waals surface area contributed by atoms with Crippen LogP contribution in [0.5, 0.6) is 0 Å². The van der Waals surface area contributed by atoms with Crippen molar-refractivity contribution in [3.8, 4) is 0 Å². The second kappa shape index (κ2) is 6.91. The Morgan fingerprint density at radius 2 is 1.62 bits per heavy atom. The molecule has 0 aliphatic heterocycles. The molecule has 4 heteroatoms. The lowest BCUT2D eigenvalue weighted by Gasteiger charge is -2.22. The molecule has 0 bridgehead atoms. The van der Waals surface area contributed by atoms with Crippen LogP contribution in [-0.4, -0.2) is 19.8 Å². The van der Waals surface area contributed by atoms with Gasteiger partial charge in [0.05, 0.1) is 4.91 Å². The van der Waals surface area contributed by atoms with Crippen LogP contribution in [0.2, 0.25) is 0 Å². The van der Waals surface area contributed by atoms with Crippen molar-refractivity contribution >= 4 is 16.1 Å². The lowest BCUT2D eigenvalue weighted by atomic mass is 9.98. The van der Waals surface area contributed by atoms with Gasteiger partial charge in [-0.25, -0.2) is 8.42 Å². The zero-order valence-corrected chi connectivity index (χ0v) is 15.0. The minimum absolute atomic E-state index is 0.394. The van der Waals surface area contributed by atoms with Gasteiger partial charge in [0.1, 0.15) is 0 Å². The van der Waals surface area contributed by atoms with Gasteiger partial charge in [0.25, 0.3) is 0 Å². The Morgan fingerprint density at radius 3 is 2.33 bits per heavy atom. The normalized spacial score (nSPS) is 14.4. The van der Waals surface area contributed by atoms with Crippen LogP contribution in [0.4, 0.5) is 0 Å². The molecule has 0 unspecified atom stereocenters. The van der Waals surface area contributed by atoms with E-state index in [2.05, 4.69) is 25.1 Å². The predicted octanol–water partition coefficient (Wildman–Crippen LogP) is 4.00. The number of sulfonamides is 1. The molecule has 0 spiro atoms. The fourth-order valence-electron chi connectivity index (χ4n) is 3.03. The summed E-state index contributed by atoms with van der Waals surface area (Å²) in [5, 5.41) is 0. The molecule has 3 rings (SSSR count). The van der Waals surface area contributed by atoms with E-state index < -0.39 is 10.0 Å². The third kappa shape index (κ3) is 3.45. The molecule has 0 saturated carbocycles. The van der Waals surface area contributed by atoms with Crippen molar-refractivity contribution in [3.05, 3.63) is 75.7 Å². The van der Waals surface area contributed by atoms with Crippen LogP contribution >= 0.6 is 0 Å². The summed E-state index contributed by atoms with van der Waals surface area (Å²) in [5.41, 5.74) is 4.50. The maximum Gasteiger partial charge on any atom is 0.239 e. The number of hydrogen-bond donors (Lipinski definition) is 0. The van der Waals surface area contributed by atoms with Gasteiger partial charge in [0, 0.05) is 13.6 Å². The van der Waals surface area contributed by atoms with Crippen molar-refractivity contribution in [2.24, 2.45) is 0 Å². The van der Waals surface area contributed by atoms with Gasteiger partial charge >= 0.3 is 0 Å². The van der Waals surface area contributed by atoms with Crippen molar-refractivity contribution in [1.29, 1.82) is 0 Å². The highest BCUT2D eigenvalue weighted by Gasteiger charge is 2.26. The maximum atomic E-state index is 12.9. The van der Waals surface area contributed by atoms with Crippen LogP contribution in [0.15, 0.2) is 53.4 Å². The van der Waals surface area contributed by atoms with Crippen molar-refractivity contribution in [3.63, 3.8) is 0 Å². The summed E-state index contributed by atoms with van der Waals surface area (Å²) in [6.45, 7) is 2.50. The zero-order chi connectivity index (χ0) is 17.2. The minimum atomic E-state index is -3.42. The van der Waals surface area contributed by atoms with E-state index in [-0.39, 0.29) is 0 Å². The highest BCUT2D eigenvalue weighted by Crippen LogP contribution is 2.28.